The summed E-state index contributed by atoms with van der Waals surface area (Å²) in [5.74, 6) is 0.342. The van der Waals surface area contributed by atoms with Crippen molar-refractivity contribution in [3.63, 3.8) is 0 Å². The minimum absolute atomic E-state index is 0.157. The first-order valence-corrected chi connectivity index (χ1v) is 9.55. The molecule has 144 valence electrons. The van der Waals surface area contributed by atoms with Gasteiger partial charge in [-0.1, -0.05) is 53.6 Å². The second kappa shape index (κ2) is 7.94. The Labute approximate surface area is 172 Å². The van der Waals surface area contributed by atoms with Crippen LogP contribution in [0.15, 0.2) is 82.0 Å². The number of benzene rings is 3. The molecule has 1 heterocycles. The van der Waals surface area contributed by atoms with E-state index in [1.54, 1.807) is 30.3 Å². The summed E-state index contributed by atoms with van der Waals surface area (Å²) < 4.78 is 5.91. The number of nitrogens with one attached hydrogen (secondary N) is 1. The summed E-state index contributed by atoms with van der Waals surface area (Å²) in [5.41, 5.74) is 3.70. The minimum Gasteiger partial charge on any atom is -0.456 e. The van der Waals surface area contributed by atoms with Gasteiger partial charge in [0.05, 0.1) is 11.8 Å². The molecule has 0 aliphatic rings. The van der Waals surface area contributed by atoms with Gasteiger partial charge in [-0.2, -0.15) is 0 Å². The van der Waals surface area contributed by atoms with Gasteiger partial charge in [0.25, 0.3) is 0 Å². The van der Waals surface area contributed by atoms with Gasteiger partial charge in [0.1, 0.15) is 11.3 Å². The highest BCUT2D eigenvalue weighted by Gasteiger charge is 2.10. The van der Waals surface area contributed by atoms with E-state index in [0.29, 0.717) is 27.4 Å². The van der Waals surface area contributed by atoms with Gasteiger partial charge in [-0.15, -0.1) is 0 Å². The number of aryl methyl sites for hydroxylation is 1. The quantitative estimate of drug-likeness (QED) is 0.482. The molecule has 0 aliphatic heterocycles. The number of rotatable bonds is 4. The van der Waals surface area contributed by atoms with Crippen LogP contribution in [0.25, 0.3) is 22.3 Å². The lowest BCUT2D eigenvalue weighted by Crippen LogP contribution is -2.14. The number of anilines is 1. The molecule has 0 bridgehead atoms. The molecular weight excluding hydrogens is 386 g/mol. The third-order valence-corrected chi connectivity index (χ3v) is 4.88. The number of amides is 1. The van der Waals surface area contributed by atoms with Crippen LogP contribution in [0.5, 0.6) is 0 Å². The van der Waals surface area contributed by atoms with Crippen LogP contribution < -0.4 is 10.7 Å². The predicted octanol–water partition coefficient (Wildman–Crippen LogP) is 5.60. The zero-order valence-electron chi connectivity index (χ0n) is 15.7. The molecule has 1 amide bonds. The fraction of sp³-hybridized carbons (Fsp3) is 0.0833. The van der Waals surface area contributed by atoms with Crippen LogP contribution in [0.2, 0.25) is 5.02 Å². The van der Waals surface area contributed by atoms with Gasteiger partial charge in [0.15, 0.2) is 5.43 Å². The zero-order valence-corrected chi connectivity index (χ0v) is 16.5. The van der Waals surface area contributed by atoms with Gasteiger partial charge in [-0.3, -0.25) is 9.59 Å². The van der Waals surface area contributed by atoms with Gasteiger partial charge in [0.2, 0.25) is 5.91 Å². The summed E-state index contributed by atoms with van der Waals surface area (Å²) in [7, 11) is 0. The average Bonchev–Trinajstić information content (AvgIpc) is 2.70. The van der Waals surface area contributed by atoms with E-state index in [1.165, 1.54) is 6.07 Å². The number of hydrogen-bond donors (Lipinski definition) is 1. The standard InChI is InChI=1S/C24H18ClNO3/c1-15-2-6-17(7-3-15)23-14-21(27)20-13-19(10-11-22(20)29-23)26-24(28)12-16-4-8-18(25)9-5-16/h2-11,13-14H,12H2,1H3,(H,26,28). The number of halogens is 1. The lowest BCUT2D eigenvalue weighted by Gasteiger charge is -2.08. The number of carbonyl (C=O) groups excluding carboxylic acids is 1. The molecule has 29 heavy (non-hydrogen) atoms. The molecule has 0 aliphatic carbocycles. The molecule has 0 radical (unpaired) electrons. The zero-order chi connectivity index (χ0) is 20.4. The monoisotopic (exact) mass is 403 g/mol. The molecule has 0 saturated carbocycles. The van der Waals surface area contributed by atoms with E-state index in [4.69, 9.17) is 16.0 Å². The Balaban J connectivity index is 1.57. The lowest BCUT2D eigenvalue weighted by molar-refractivity contribution is -0.115. The maximum absolute atomic E-state index is 12.6. The van der Waals surface area contributed by atoms with E-state index in [1.807, 2.05) is 43.3 Å². The molecule has 0 fully saturated rings. The second-order valence-electron chi connectivity index (χ2n) is 6.90. The Morgan fingerprint density at radius 1 is 0.966 bits per heavy atom. The molecule has 4 aromatic rings. The summed E-state index contributed by atoms with van der Waals surface area (Å²) in [6, 6.07) is 21.4. The fourth-order valence-electron chi connectivity index (χ4n) is 3.09. The first-order valence-electron chi connectivity index (χ1n) is 9.17. The highest BCUT2D eigenvalue weighted by atomic mass is 35.5. The first kappa shape index (κ1) is 19.0. The van der Waals surface area contributed by atoms with Gasteiger partial charge in [-0.05, 0) is 42.8 Å². The van der Waals surface area contributed by atoms with Crippen LogP contribution in [-0.4, -0.2) is 5.91 Å². The average molecular weight is 404 g/mol. The molecule has 4 nitrogen and oxygen atoms in total. The van der Waals surface area contributed by atoms with Crippen molar-refractivity contribution in [3.05, 3.63) is 99.2 Å². The Morgan fingerprint density at radius 3 is 2.41 bits per heavy atom. The molecule has 1 aromatic heterocycles. The Bertz CT molecular complexity index is 1240. The summed E-state index contributed by atoms with van der Waals surface area (Å²) in [5, 5.41) is 3.87. The molecular formula is C24H18ClNO3. The van der Waals surface area contributed by atoms with Gasteiger partial charge < -0.3 is 9.73 Å². The van der Waals surface area contributed by atoms with E-state index in [2.05, 4.69) is 5.32 Å². The number of carbonyl (C=O) groups is 1. The minimum atomic E-state index is -0.174. The van der Waals surface area contributed by atoms with Crippen molar-refractivity contribution in [1.29, 1.82) is 0 Å². The van der Waals surface area contributed by atoms with E-state index in [9.17, 15) is 9.59 Å². The van der Waals surface area contributed by atoms with Crippen molar-refractivity contribution in [1.82, 2.24) is 0 Å². The molecule has 3 aromatic carbocycles. The van der Waals surface area contributed by atoms with E-state index in [-0.39, 0.29) is 17.8 Å². The Kier molecular flexibility index (Phi) is 5.19. The van der Waals surface area contributed by atoms with Crippen molar-refractivity contribution in [2.45, 2.75) is 13.3 Å². The lowest BCUT2D eigenvalue weighted by atomic mass is 10.1. The van der Waals surface area contributed by atoms with Gasteiger partial charge in [0, 0.05) is 22.3 Å². The fourth-order valence-corrected chi connectivity index (χ4v) is 3.21. The molecule has 4 rings (SSSR count). The van der Waals surface area contributed by atoms with Crippen LogP contribution in [0, 0.1) is 6.92 Å². The van der Waals surface area contributed by atoms with Crippen LogP contribution in [0.1, 0.15) is 11.1 Å². The highest BCUT2D eigenvalue weighted by Crippen LogP contribution is 2.24. The smallest absolute Gasteiger partial charge is 0.228 e. The maximum Gasteiger partial charge on any atom is 0.228 e. The van der Waals surface area contributed by atoms with Crippen molar-refractivity contribution in [2.24, 2.45) is 0 Å². The largest absolute Gasteiger partial charge is 0.456 e. The van der Waals surface area contributed by atoms with Crippen molar-refractivity contribution < 1.29 is 9.21 Å². The second-order valence-corrected chi connectivity index (χ2v) is 7.34. The summed E-state index contributed by atoms with van der Waals surface area (Å²) >= 11 is 5.87. The predicted molar refractivity (Wildman–Crippen MR) is 116 cm³/mol. The molecule has 0 spiro atoms. The van der Waals surface area contributed by atoms with E-state index < -0.39 is 0 Å². The number of hydrogen-bond acceptors (Lipinski definition) is 3. The van der Waals surface area contributed by atoms with Gasteiger partial charge in [-0.25, -0.2) is 0 Å². The van der Waals surface area contributed by atoms with Crippen LogP contribution in [-0.2, 0) is 11.2 Å². The normalized spacial score (nSPS) is 10.8. The SMILES string of the molecule is Cc1ccc(-c2cc(=O)c3cc(NC(=O)Cc4ccc(Cl)cc4)ccc3o2)cc1. The summed E-state index contributed by atoms with van der Waals surface area (Å²) in [6.07, 6.45) is 0.218. The molecule has 1 N–H and O–H groups in total. The van der Waals surface area contributed by atoms with Crippen LogP contribution in [0.4, 0.5) is 5.69 Å². The summed E-state index contributed by atoms with van der Waals surface area (Å²) in [6.45, 7) is 2.00. The third-order valence-electron chi connectivity index (χ3n) is 4.62. The van der Waals surface area contributed by atoms with Crippen molar-refractivity contribution in [2.75, 3.05) is 5.32 Å². The molecule has 0 unspecified atom stereocenters. The highest BCUT2D eigenvalue weighted by molar-refractivity contribution is 6.30. The summed E-state index contributed by atoms with van der Waals surface area (Å²) in [4.78, 5) is 24.9. The topological polar surface area (TPSA) is 59.3 Å². The van der Waals surface area contributed by atoms with Crippen molar-refractivity contribution >= 4 is 34.2 Å². The molecule has 0 saturated heterocycles. The third kappa shape index (κ3) is 4.39. The number of fused-ring (bicyclic) bond motifs is 1. The first-order chi connectivity index (χ1) is 14.0. The molecule has 0 atom stereocenters. The van der Waals surface area contributed by atoms with Gasteiger partial charge >= 0.3 is 0 Å². The van der Waals surface area contributed by atoms with Crippen LogP contribution in [0.3, 0.4) is 0 Å². The Morgan fingerprint density at radius 2 is 1.69 bits per heavy atom. The Hall–Kier alpha value is -3.37. The maximum atomic E-state index is 12.6. The van der Waals surface area contributed by atoms with Crippen LogP contribution >= 0.6 is 11.6 Å². The van der Waals surface area contributed by atoms with Crippen molar-refractivity contribution in [3.8, 4) is 11.3 Å². The molecule has 5 heteroatoms. The van der Waals surface area contributed by atoms with E-state index >= 15 is 0 Å². The van der Waals surface area contributed by atoms with E-state index in [0.717, 1.165) is 16.7 Å².